The van der Waals surface area contributed by atoms with E-state index in [1.165, 1.54) is 6.07 Å². The summed E-state index contributed by atoms with van der Waals surface area (Å²) in [6, 6.07) is 3.27. The molecule has 3 heteroatoms. The molecular weight excluding hydrogens is 181 g/mol. The molecule has 0 aromatic heterocycles. The first kappa shape index (κ1) is 9.46. The Kier molecular flexibility index (Phi) is 2.42. The van der Waals surface area contributed by atoms with Crippen LogP contribution in [0.4, 0.5) is 4.39 Å². The number of likely N-dealkylation sites (N-methyl/N-ethyl adjacent to an activating group) is 1. The van der Waals surface area contributed by atoms with Gasteiger partial charge in [0.15, 0.2) is 0 Å². The van der Waals surface area contributed by atoms with Crippen LogP contribution in [0.25, 0.3) is 0 Å². The molecule has 0 radical (unpaired) electrons. The third kappa shape index (κ3) is 1.38. The number of hydrogen-bond acceptors (Lipinski definition) is 2. The largest absolute Gasteiger partial charge is 0.491 e. The number of halogens is 1. The van der Waals surface area contributed by atoms with Gasteiger partial charge in [-0.15, -0.1) is 0 Å². The Morgan fingerprint density at radius 1 is 1.57 bits per heavy atom. The first-order chi connectivity index (χ1) is 6.74. The fourth-order valence-corrected chi connectivity index (χ4v) is 1.86. The zero-order valence-corrected chi connectivity index (χ0v) is 8.43. The molecule has 1 aromatic rings. The second-order valence-corrected chi connectivity index (χ2v) is 3.53. The van der Waals surface area contributed by atoms with E-state index < -0.39 is 0 Å². The second-order valence-electron chi connectivity index (χ2n) is 3.53. The monoisotopic (exact) mass is 195 g/mol. The minimum absolute atomic E-state index is 0.00917. The minimum atomic E-state index is -0.172. The summed E-state index contributed by atoms with van der Waals surface area (Å²) < 4.78 is 19.0. The van der Waals surface area contributed by atoms with Gasteiger partial charge < -0.3 is 10.1 Å². The van der Waals surface area contributed by atoms with Crippen molar-refractivity contribution in [3.05, 3.63) is 29.1 Å². The van der Waals surface area contributed by atoms with E-state index in [9.17, 15) is 4.39 Å². The van der Waals surface area contributed by atoms with Crippen molar-refractivity contribution in [1.29, 1.82) is 0 Å². The van der Waals surface area contributed by atoms with Crippen molar-refractivity contribution in [1.82, 2.24) is 5.32 Å². The quantitative estimate of drug-likeness (QED) is 0.781. The molecule has 1 heterocycles. The lowest BCUT2D eigenvalue weighted by atomic mass is 10.0. The maximum Gasteiger partial charge on any atom is 0.131 e. The van der Waals surface area contributed by atoms with Gasteiger partial charge in [-0.3, -0.25) is 0 Å². The average Bonchev–Trinajstić information content (AvgIpc) is 2.58. The van der Waals surface area contributed by atoms with E-state index in [2.05, 4.69) is 5.32 Å². The minimum Gasteiger partial charge on any atom is -0.491 e. The molecule has 0 amide bonds. The standard InChI is InChI=1S/C11H14FNO/c1-3-13-9-6-14-11-7(2)4-5-8(12)10(9)11/h4-5,9,13H,3,6H2,1-2H3. The predicted octanol–water partition coefficient (Wildman–Crippen LogP) is 2.18. The lowest BCUT2D eigenvalue weighted by Gasteiger charge is -2.09. The van der Waals surface area contributed by atoms with Gasteiger partial charge in [-0.25, -0.2) is 4.39 Å². The SMILES string of the molecule is CCNC1COc2c(C)ccc(F)c21. The zero-order chi connectivity index (χ0) is 10.1. The second kappa shape index (κ2) is 3.58. The van der Waals surface area contributed by atoms with Crippen molar-refractivity contribution in [3.63, 3.8) is 0 Å². The van der Waals surface area contributed by atoms with E-state index in [1.54, 1.807) is 6.07 Å². The van der Waals surface area contributed by atoms with E-state index in [-0.39, 0.29) is 11.9 Å². The van der Waals surface area contributed by atoms with Crippen molar-refractivity contribution in [2.75, 3.05) is 13.2 Å². The Hall–Kier alpha value is -1.09. The van der Waals surface area contributed by atoms with Crippen LogP contribution in [0.2, 0.25) is 0 Å². The summed E-state index contributed by atoms with van der Waals surface area (Å²) in [6.07, 6.45) is 0. The van der Waals surface area contributed by atoms with Gasteiger partial charge >= 0.3 is 0 Å². The zero-order valence-electron chi connectivity index (χ0n) is 8.43. The van der Waals surface area contributed by atoms with Crippen LogP contribution in [0.3, 0.4) is 0 Å². The Morgan fingerprint density at radius 3 is 3.07 bits per heavy atom. The number of benzene rings is 1. The first-order valence-corrected chi connectivity index (χ1v) is 4.89. The molecule has 1 aliphatic heterocycles. The van der Waals surface area contributed by atoms with Crippen LogP contribution in [0.1, 0.15) is 24.1 Å². The number of aryl methyl sites for hydroxylation is 1. The topological polar surface area (TPSA) is 21.3 Å². The highest BCUT2D eigenvalue weighted by Gasteiger charge is 2.28. The molecule has 1 N–H and O–H groups in total. The van der Waals surface area contributed by atoms with Crippen LogP contribution >= 0.6 is 0 Å². The molecule has 0 saturated carbocycles. The van der Waals surface area contributed by atoms with Crippen LogP contribution < -0.4 is 10.1 Å². The molecule has 14 heavy (non-hydrogen) atoms. The molecule has 76 valence electrons. The van der Waals surface area contributed by atoms with E-state index >= 15 is 0 Å². The number of nitrogens with one attached hydrogen (secondary N) is 1. The molecule has 2 nitrogen and oxygen atoms in total. The van der Waals surface area contributed by atoms with Gasteiger partial charge in [-0.05, 0) is 25.1 Å². The van der Waals surface area contributed by atoms with E-state index in [1.807, 2.05) is 13.8 Å². The summed E-state index contributed by atoms with van der Waals surface area (Å²) in [5.41, 5.74) is 1.69. The van der Waals surface area contributed by atoms with Gasteiger partial charge in [0.2, 0.25) is 0 Å². The van der Waals surface area contributed by atoms with Crippen LogP contribution in [-0.4, -0.2) is 13.2 Å². The van der Waals surface area contributed by atoms with E-state index in [4.69, 9.17) is 4.74 Å². The molecule has 2 rings (SSSR count). The molecule has 0 saturated heterocycles. The normalized spacial score (nSPS) is 19.2. The summed E-state index contributed by atoms with van der Waals surface area (Å²) in [6.45, 7) is 5.30. The summed E-state index contributed by atoms with van der Waals surface area (Å²) in [4.78, 5) is 0. The molecule has 1 unspecified atom stereocenters. The highest BCUT2D eigenvalue weighted by molar-refractivity contribution is 5.46. The van der Waals surface area contributed by atoms with E-state index in [0.717, 1.165) is 17.9 Å². The molecule has 0 aliphatic carbocycles. The summed E-state index contributed by atoms with van der Waals surface area (Å²) in [5.74, 6) is 0.546. The van der Waals surface area contributed by atoms with Crippen molar-refractivity contribution in [2.24, 2.45) is 0 Å². The van der Waals surface area contributed by atoms with Crippen molar-refractivity contribution >= 4 is 0 Å². The lowest BCUT2D eigenvalue weighted by molar-refractivity contribution is 0.311. The number of hydrogen-bond donors (Lipinski definition) is 1. The first-order valence-electron chi connectivity index (χ1n) is 4.89. The Labute approximate surface area is 83.1 Å². The molecule has 1 aliphatic rings. The molecule has 0 fully saturated rings. The fourth-order valence-electron chi connectivity index (χ4n) is 1.86. The van der Waals surface area contributed by atoms with Crippen molar-refractivity contribution in [3.8, 4) is 5.75 Å². The third-order valence-corrected chi connectivity index (χ3v) is 2.53. The smallest absolute Gasteiger partial charge is 0.131 e. The van der Waals surface area contributed by atoms with Gasteiger partial charge in [-0.2, -0.15) is 0 Å². The molecule has 1 atom stereocenters. The van der Waals surface area contributed by atoms with E-state index in [0.29, 0.717) is 12.2 Å². The molecule has 1 aromatic carbocycles. The number of fused-ring (bicyclic) bond motifs is 1. The maximum atomic E-state index is 13.5. The van der Waals surface area contributed by atoms with Gasteiger partial charge in [0.25, 0.3) is 0 Å². The van der Waals surface area contributed by atoms with Gasteiger partial charge in [0, 0.05) is 0 Å². The van der Waals surface area contributed by atoms with Crippen LogP contribution in [0, 0.1) is 12.7 Å². The lowest BCUT2D eigenvalue weighted by Crippen LogP contribution is -2.22. The summed E-state index contributed by atoms with van der Waals surface area (Å²) >= 11 is 0. The molecular formula is C11H14FNO. The van der Waals surface area contributed by atoms with Gasteiger partial charge in [0.1, 0.15) is 18.2 Å². The Balaban J connectivity index is 2.42. The van der Waals surface area contributed by atoms with Crippen LogP contribution in [0.5, 0.6) is 5.75 Å². The highest BCUT2D eigenvalue weighted by Crippen LogP contribution is 2.36. The van der Waals surface area contributed by atoms with Crippen LogP contribution in [0.15, 0.2) is 12.1 Å². The average molecular weight is 195 g/mol. The highest BCUT2D eigenvalue weighted by atomic mass is 19.1. The van der Waals surface area contributed by atoms with Gasteiger partial charge in [0.05, 0.1) is 11.6 Å². The fraction of sp³-hybridized carbons (Fsp3) is 0.455. The Morgan fingerprint density at radius 2 is 2.36 bits per heavy atom. The van der Waals surface area contributed by atoms with Crippen LogP contribution in [-0.2, 0) is 0 Å². The van der Waals surface area contributed by atoms with Gasteiger partial charge in [-0.1, -0.05) is 13.0 Å². The van der Waals surface area contributed by atoms with Crippen molar-refractivity contribution < 1.29 is 9.13 Å². The maximum absolute atomic E-state index is 13.5. The predicted molar refractivity (Wildman–Crippen MR) is 53.0 cm³/mol. The number of ether oxygens (including phenoxy) is 1. The Bertz CT molecular complexity index is 351. The third-order valence-electron chi connectivity index (χ3n) is 2.53. The van der Waals surface area contributed by atoms with Crippen molar-refractivity contribution in [2.45, 2.75) is 19.9 Å². The summed E-state index contributed by atoms with van der Waals surface area (Å²) in [5, 5.41) is 3.20. The number of rotatable bonds is 2. The molecule has 0 bridgehead atoms. The summed E-state index contributed by atoms with van der Waals surface area (Å²) in [7, 11) is 0. The molecule has 0 spiro atoms.